The molecular weight excluding hydrogens is 555 g/mol. The highest BCUT2D eigenvalue weighted by Gasteiger charge is 2.68. The van der Waals surface area contributed by atoms with E-state index in [2.05, 4.69) is 57.4 Å². The SMILES string of the molecule is COC(=O)C[C@H](NC(=O)CC1c2ccccc2-c2ccccc21)C(=O)N[C@@H](CC(C)C)B1O[C@@H]2C[C@@H]3C[C@@H](C3(C)C)[C@]2(C)O1. The van der Waals surface area contributed by atoms with Gasteiger partial charge in [0.15, 0.2) is 0 Å². The normalized spacial score (nSPS) is 27.4. The largest absolute Gasteiger partial charge is 0.481 e. The van der Waals surface area contributed by atoms with E-state index in [1.165, 1.54) is 7.11 Å². The average molecular weight is 601 g/mol. The van der Waals surface area contributed by atoms with Crippen LogP contribution in [-0.4, -0.2) is 55.7 Å². The summed E-state index contributed by atoms with van der Waals surface area (Å²) in [4.78, 5) is 39.8. The molecule has 0 aromatic heterocycles. The van der Waals surface area contributed by atoms with Gasteiger partial charge in [-0.15, -0.1) is 0 Å². The van der Waals surface area contributed by atoms with Gasteiger partial charge in [0.1, 0.15) is 6.04 Å². The fraction of sp³-hybridized carbons (Fsp3) is 0.571. The van der Waals surface area contributed by atoms with E-state index in [1.54, 1.807) is 0 Å². The van der Waals surface area contributed by atoms with E-state index in [0.717, 1.165) is 35.1 Å². The maximum absolute atomic E-state index is 13.8. The lowest BCUT2D eigenvalue weighted by molar-refractivity contribution is -0.199. The van der Waals surface area contributed by atoms with Crippen LogP contribution in [0.5, 0.6) is 0 Å². The monoisotopic (exact) mass is 600 g/mol. The maximum atomic E-state index is 13.8. The first-order valence-electron chi connectivity index (χ1n) is 16.1. The summed E-state index contributed by atoms with van der Waals surface area (Å²) in [6.07, 6.45) is 2.59. The number of methoxy groups -OCH3 is 1. The number of esters is 1. The van der Waals surface area contributed by atoms with Crippen molar-refractivity contribution in [3.05, 3.63) is 59.7 Å². The van der Waals surface area contributed by atoms with Gasteiger partial charge in [-0.2, -0.15) is 0 Å². The summed E-state index contributed by atoms with van der Waals surface area (Å²) < 4.78 is 18.1. The van der Waals surface area contributed by atoms with Crippen LogP contribution in [0.4, 0.5) is 0 Å². The molecule has 1 saturated heterocycles. The number of nitrogens with one attached hydrogen (secondary N) is 2. The van der Waals surface area contributed by atoms with Crippen molar-refractivity contribution in [2.45, 2.75) is 96.3 Å². The number of fused-ring (bicyclic) bond motifs is 3. The van der Waals surface area contributed by atoms with Crippen LogP contribution in [0.3, 0.4) is 0 Å². The molecule has 4 aliphatic carbocycles. The molecule has 2 aromatic carbocycles. The van der Waals surface area contributed by atoms with Gasteiger partial charge < -0.3 is 24.7 Å². The van der Waals surface area contributed by atoms with Crippen LogP contribution in [0.15, 0.2) is 48.5 Å². The lowest BCUT2D eigenvalue weighted by atomic mass is 9.43. The third kappa shape index (κ3) is 5.36. The second-order valence-corrected chi connectivity index (χ2v) is 14.4. The molecule has 0 spiro atoms. The molecule has 8 nitrogen and oxygen atoms in total. The van der Waals surface area contributed by atoms with Crippen LogP contribution < -0.4 is 10.6 Å². The number of ether oxygens (including phenoxy) is 1. The highest BCUT2D eigenvalue weighted by molar-refractivity contribution is 6.48. The standard InChI is InChI=1S/C35H45BN2O6/c1-20(2)15-30(36-43-29-17-21-16-28(34(21,3)4)35(29,5)44-36)38-33(41)27(19-32(40)42-6)37-31(39)18-26-24-13-9-7-11-22(24)23-12-8-10-14-25(23)26/h7-14,20-21,26-30H,15-19H2,1-6H3,(H,37,39)(H,38,41)/t21-,27-,28-,29+,30-,35-/m0/s1. The van der Waals surface area contributed by atoms with Gasteiger partial charge in [-0.05, 0) is 71.6 Å². The minimum Gasteiger partial charge on any atom is -0.469 e. The number of benzene rings is 2. The van der Waals surface area contributed by atoms with Crippen molar-refractivity contribution in [2.75, 3.05) is 7.11 Å². The second-order valence-electron chi connectivity index (χ2n) is 14.4. The Labute approximate surface area is 261 Å². The van der Waals surface area contributed by atoms with Crippen LogP contribution >= 0.6 is 0 Å². The zero-order valence-electron chi connectivity index (χ0n) is 26.7. The molecule has 1 aliphatic heterocycles. The predicted octanol–water partition coefficient (Wildman–Crippen LogP) is 5.04. The Morgan fingerprint density at radius 1 is 0.977 bits per heavy atom. The fourth-order valence-electron chi connectivity index (χ4n) is 8.48. The van der Waals surface area contributed by atoms with Gasteiger partial charge in [0.05, 0.1) is 31.2 Å². The summed E-state index contributed by atoms with van der Waals surface area (Å²) in [6.45, 7) is 11.0. The Balaban J connectivity index is 1.17. The highest BCUT2D eigenvalue weighted by Crippen LogP contribution is 2.65. The van der Waals surface area contributed by atoms with E-state index < -0.39 is 36.6 Å². The van der Waals surface area contributed by atoms with Crippen LogP contribution in [0, 0.1) is 23.2 Å². The van der Waals surface area contributed by atoms with Crippen molar-refractivity contribution in [3.8, 4) is 11.1 Å². The Kier molecular flexibility index (Phi) is 8.16. The molecular formula is C35H45BN2O6. The third-order valence-electron chi connectivity index (χ3n) is 11.0. The number of hydrogen-bond acceptors (Lipinski definition) is 6. The summed E-state index contributed by atoms with van der Waals surface area (Å²) >= 11 is 0. The quantitative estimate of drug-likeness (QED) is 0.293. The number of carbonyl (C=O) groups excluding carboxylic acids is 3. The van der Waals surface area contributed by atoms with Crippen molar-refractivity contribution < 1.29 is 28.4 Å². The van der Waals surface area contributed by atoms with E-state index in [9.17, 15) is 14.4 Å². The molecule has 0 unspecified atom stereocenters. The van der Waals surface area contributed by atoms with E-state index in [1.807, 2.05) is 36.4 Å². The van der Waals surface area contributed by atoms with E-state index in [-0.39, 0.29) is 42.1 Å². The van der Waals surface area contributed by atoms with Gasteiger partial charge in [0, 0.05) is 12.3 Å². The van der Waals surface area contributed by atoms with Gasteiger partial charge in [-0.3, -0.25) is 14.4 Å². The van der Waals surface area contributed by atoms with E-state index >= 15 is 0 Å². The first-order valence-corrected chi connectivity index (χ1v) is 16.1. The molecule has 2 amide bonds. The van der Waals surface area contributed by atoms with Crippen molar-refractivity contribution in [1.29, 1.82) is 0 Å². The topological polar surface area (TPSA) is 103 Å². The minimum absolute atomic E-state index is 0.0152. The van der Waals surface area contributed by atoms with Gasteiger partial charge in [0.25, 0.3) is 0 Å². The molecule has 7 rings (SSSR count). The van der Waals surface area contributed by atoms with Crippen molar-refractivity contribution >= 4 is 24.9 Å². The molecule has 5 aliphatic rings. The number of rotatable bonds is 10. The lowest BCUT2D eigenvalue weighted by Crippen LogP contribution is -2.65. The molecule has 1 heterocycles. The van der Waals surface area contributed by atoms with Gasteiger partial charge in [-0.25, -0.2) is 0 Å². The van der Waals surface area contributed by atoms with Crippen LogP contribution in [0.1, 0.15) is 83.8 Å². The van der Waals surface area contributed by atoms with Gasteiger partial charge in [0.2, 0.25) is 11.8 Å². The molecule has 3 saturated carbocycles. The first kappa shape index (κ1) is 30.8. The molecule has 2 N–H and O–H groups in total. The first-order chi connectivity index (χ1) is 20.9. The Morgan fingerprint density at radius 2 is 1.61 bits per heavy atom. The Bertz CT molecular complexity index is 1400. The van der Waals surface area contributed by atoms with Crippen molar-refractivity contribution in [3.63, 3.8) is 0 Å². The number of amides is 2. The Hall–Kier alpha value is -3.17. The summed E-state index contributed by atoms with van der Waals surface area (Å²) in [7, 11) is 0.676. The predicted molar refractivity (Wildman–Crippen MR) is 168 cm³/mol. The number of hydrogen-bond donors (Lipinski definition) is 2. The molecule has 2 bridgehead atoms. The molecule has 44 heavy (non-hydrogen) atoms. The average Bonchev–Trinajstić information content (AvgIpc) is 3.51. The molecule has 2 aromatic rings. The second kappa shape index (κ2) is 11.6. The van der Waals surface area contributed by atoms with E-state index in [0.29, 0.717) is 18.3 Å². The van der Waals surface area contributed by atoms with Crippen molar-refractivity contribution in [2.24, 2.45) is 23.2 Å². The molecule has 234 valence electrons. The molecule has 4 fully saturated rings. The summed E-state index contributed by atoms with van der Waals surface area (Å²) in [5.41, 5.74) is 4.20. The van der Waals surface area contributed by atoms with Gasteiger partial charge in [-0.1, -0.05) is 76.2 Å². The maximum Gasteiger partial charge on any atom is 0.481 e. The van der Waals surface area contributed by atoms with Crippen molar-refractivity contribution in [1.82, 2.24) is 10.6 Å². The number of carbonyl (C=O) groups is 3. The highest BCUT2D eigenvalue weighted by atomic mass is 16.7. The third-order valence-corrected chi connectivity index (χ3v) is 11.0. The minimum atomic E-state index is -1.09. The summed E-state index contributed by atoms with van der Waals surface area (Å²) in [6, 6.07) is 15.1. The smallest absolute Gasteiger partial charge is 0.469 e. The van der Waals surface area contributed by atoms with Crippen LogP contribution in [-0.2, 0) is 28.4 Å². The molecule has 0 radical (unpaired) electrons. The Morgan fingerprint density at radius 3 is 2.20 bits per heavy atom. The summed E-state index contributed by atoms with van der Waals surface area (Å²) in [5, 5.41) is 5.98. The molecule has 6 atom stereocenters. The zero-order chi connectivity index (χ0) is 31.4. The summed E-state index contributed by atoms with van der Waals surface area (Å²) in [5.74, 6) is -0.631. The zero-order valence-corrected chi connectivity index (χ0v) is 26.7. The van der Waals surface area contributed by atoms with Crippen LogP contribution in [0.25, 0.3) is 11.1 Å². The fourth-order valence-corrected chi connectivity index (χ4v) is 8.48. The van der Waals surface area contributed by atoms with Crippen LogP contribution in [0.2, 0.25) is 0 Å². The van der Waals surface area contributed by atoms with Gasteiger partial charge >= 0.3 is 13.1 Å². The lowest BCUT2D eigenvalue weighted by Gasteiger charge is -2.64. The van der Waals surface area contributed by atoms with E-state index in [4.69, 9.17) is 14.0 Å². The molecule has 9 heteroatoms.